The summed E-state index contributed by atoms with van der Waals surface area (Å²) in [7, 11) is 0. The average molecular weight is 237 g/mol. The Morgan fingerprint density at radius 2 is 2.00 bits per heavy atom. The number of nitrogens with zero attached hydrogens (tertiary/aromatic N) is 2. The number of nitrogens with one attached hydrogen (secondary N) is 1. The molecule has 0 aliphatic heterocycles. The monoisotopic (exact) mass is 237 g/mol. The summed E-state index contributed by atoms with van der Waals surface area (Å²) in [5, 5.41) is 7.63. The van der Waals surface area contributed by atoms with Crippen molar-refractivity contribution >= 4 is 0 Å². The van der Waals surface area contributed by atoms with Crippen LogP contribution in [0.2, 0.25) is 0 Å². The molecule has 1 aromatic rings. The van der Waals surface area contributed by atoms with Gasteiger partial charge in [0.1, 0.15) is 0 Å². The van der Waals surface area contributed by atoms with Gasteiger partial charge in [0.25, 0.3) is 5.56 Å². The first-order chi connectivity index (χ1) is 7.88. The molecule has 0 spiro atoms. The first-order valence-electron chi connectivity index (χ1n) is 6.18. The third kappa shape index (κ3) is 5.63. The van der Waals surface area contributed by atoms with E-state index in [-0.39, 0.29) is 11.1 Å². The zero-order valence-corrected chi connectivity index (χ0v) is 11.3. The minimum absolute atomic E-state index is 0.0145. The lowest BCUT2D eigenvalue weighted by atomic mass is 10.1. The van der Waals surface area contributed by atoms with E-state index in [0.29, 0.717) is 6.54 Å². The second-order valence-corrected chi connectivity index (χ2v) is 5.42. The Bertz CT molecular complexity index is 404. The van der Waals surface area contributed by atoms with Gasteiger partial charge in [-0.3, -0.25) is 4.79 Å². The van der Waals surface area contributed by atoms with Crippen molar-refractivity contribution in [2.45, 2.75) is 52.6 Å². The maximum absolute atomic E-state index is 11.5. The van der Waals surface area contributed by atoms with Gasteiger partial charge in [-0.25, -0.2) is 4.68 Å². The van der Waals surface area contributed by atoms with Gasteiger partial charge in [-0.2, -0.15) is 5.10 Å². The van der Waals surface area contributed by atoms with Gasteiger partial charge in [0.2, 0.25) is 0 Å². The molecular weight excluding hydrogens is 214 g/mol. The summed E-state index contributed by atoms with van der Waals surface area (Å²) >= 11 is 0. The second-order valence-electron chi connectivity index (χ2n) is 5.42. The summed E-state index contributed by atoms with van der Waals surface area (Å²) in [6.07, 6.45) is 2.03. The van der Waals surface area contributed by atoms with Crippen molar-refractivity contribution in [1.82, 2.24) is 15.1 Å². The molecule has 0 saturated heterocycles. The van der Waals surface area contributed by atoms with Gasteiger partial charge in [0, 0.05) is 18.2 Å². The van der Waals surface area contributed by atoms with Gasteiger partial charge in [-0.05, 0) is 53.1 Å². The van der Waals surface area contributed by atoms with Crippen LogP contribution in [0.4, 0.5) is 0 Å². The topological polar surface area (TPSA) is 46.9 Å². The van der Waals surface area contributed by atoms with Crippen LogP contribution in [0.5, 0.6) is 0 Å². The molecule has 0 fully saturated rings. The number of aromatic nitrogens is 2. The SMILES string of the molecule is Cc1ccc(=O)n(CCCCNC(C)(C)C)n1. The summed E-state index contributed by atoms with van der Waals surface area (Å²) in [6.45, 7) is 10.0. The molecule has 0 saturated carbocycles. The van der Waals surface area contributed by atoms with Crippen LogP contribution in [0.1, 0.15) is 39.3 Å². The molecule has 96 valence electrons. The Hall–Kier alpha value is -1.16. The summed E-state index contributed by atoms with van der Waals surface area (Å²) in [5.74, 6) is 0. The van der Waals surface area contributed by atoms with E-state index in [2.05, 4.69) is 31.2 Å². The van der Waals surface area contributed by atoms with Crippen molar-refractivity contribution in [3.8, 4) is 0 Å². The predicted molar refractivity (Wildman–Crippen MR) is 70.2 cm³/mol. The lowest BCUT2D eigenvalue weighted by Crippen LogP contribution is -2.36. The normalized spacial score (nSPS) is 11.8. The fourth-order valence-corrected chi connectivity index (χ4v) is 1.56. The molecule has 1 heterocycles. The van der Waals surface area contributed by atoms with E-state index < -0.39 is 0 Å². The van der Waals surface area contributed by atoms with Crippen molar-refractivity contribution in [1.29, 1.82) is 0 Å². The summed E-state index contributed by atoms with van der Waals surface area (Å²) in [6, 6.07) is 3.33. The van der Waals surface area contributed by atoms with Gasteiger partial charge in [-0.1, -0.05) is 0 Å². The molecule has 0 atom stereocenters. The maximum atomic E-state index is 11.5. The molecule has 0 aliphatic rings. The molecule has 1 rings (SSSR count). The van der Waals surface area contributed by atoms with Crippen molar-refractivity contribution in [2.24, 2.45) is 0 Å². The molecule has 4 heteroatoms. The van der Waals surface area contributed by atoms with Crippen LogP contribution in [0, 0.1) is 6.92 Å². The Kier molecular flexibility index (Phi) is 4.87. The highest BCUT2D eigenvalue weighted by Gasteiger charge is 2.07. The van der Waals surface area contributed by atoms with Gasteiger partial charge in [0.05, 0.1) is 5.69 Å². The van der Waals surface area contributed by atoms with E-state index in [9.17, 15) is 4.79 Å². The largest absolute Gasteiger partial charge is 0.312 e. The first-order valence-corrected chi connectivity index (χ1v) is 6.18. The predicted octanol–water partition coefficient (Wildman–Crippen LogP) is 1.72. The van der Waals surface area contributed by atoms with E-state index >= 15 is 0 Å². The van der Waals surface area contributed by atoms with Crippen LogP contribution in [-0.4, -0.2) is 21.9 Å². The average Bonchev–Trinajstić information content (AvgIpc) is 2.21. The van der Waals surface area contributed by atoms with E-state index in [1.165, 1.54) is 0 Å². The number of hydrogen-bond acceptors (Lipinski definition) is 3. The van der Waals surface area contributed by atoms with Crippen molar-refractivity contribution in [3.05, 3.63) is 28.2 Å². The van der Waals surface area contributed by atoms with E-state index in [4.69, 9.17) is 0 Å². The molecule has 0 aliphatic carbocycles. The van der Waals surface area contributed by atoms with Gasteiger partial charge < -0.3 is 5.32 Å². The zero-order valence-electron chi connectivity index (χ0n) is 11.3. The Balaban J connectivity index is 2.32. The van der Waals surface area contributed by atoms with Gasteiger partial charge in [-0.15, -0.1) is 0 Å². The molecule has 1 aromatic heterocycles. The third-order valence-corrected chi connectivity index (χ3v) is 2.45. The van der Waals surface area contributed by atoms with Crippen LogP contribution < -0.4 is 10.9 Å². The molecule has 0 aromatic carbocycles. The molecule has 0 bridgehead atoms. The zero-order chi connectivity index (χ0) is 12.9. The number of hydrogen-bond donors (Lipinski definition) is 1. The van der Waals surface area contributed by atoms with Gasteiger partial charge >= 0.3 is 0 Å². The van der Waals surface area contributed by atoms with Crippen LogP contribution in [-0.2, 0) is 6.54 Å². The van der Waals surface area contributed by atoms with Crippen LogP contribution in [0.15, 0.2) is 16.9 Å². The van der Waals surface area contributed by atoms with E-state index in [1.54, 1.807) is 16.8 Å². The van der Waals surface area contributed by atoms with Crippen LogP contribution >= 0.6 is 0 Å². The lowest BCUT2D eigenvalue weighted by molar-refractivity contribution is 0.410. The molecule has 17 heavy (non-hydrogen) atoms. The molecule has 0 unspecified atom stereocenters. The first kappa shape index (κ1) is 13.9. The lowest BCUT2D eigenvalue weighted by Gasteiger charge is -2.20. The van der Waals surface area contributed by atoms with Crippen LogP contribution in [0.3, 0.4) is 0 Å². The summed E-state index contributed by atoms with van der Waals surface area (Å²) < 4.78 is 1.55. The Labute approximate surface area is 103 Å². The van der Waals surface area contributed by atoms with Crippen molar-refractivity contribution in [2.75, 3.05) is 6.54 Å². The minimum atomic E-state index is -0.0145. The Morgan fingerprint density at radius 1 is 1.29 bits per heavy atom. The second kappa shape index (κ2) is 5.96. The molecule has 1 N–H and O–H groups in total. The standard InChI is InChI=1S/C13H23N3O/c1-11-7-8-12(17)16(15-11)10-6-5-9-14-13(2,3)4/h7-8,14H,5-6,9-10H2,1-4H3. The fourth-order valence-electron chi connectivity index (χ4n) is 1.56. The van der Waals surface area contributed by atoms with E-state index in [1.807, 2.05) is 6.92 Å². The minimum Gasteiger partial charge on any atom is -0.312 e. The van der Waals surface area contributed by atoms with Crippen molar-refractivity contribution in [3.63, 3.8) is 0 Å². The molecule has 0 amide bonds. The summed E-state index contributed by atoms with van der Waals surface area (Å²) in [4.78, 5) is 11.5. The van der Waals surface area contributed by atoms with Crippen LogP contribution in [0.25, 0.3) is 0 Å². The molecular formula is C13H23N3O. The quantitative estimate of drug-likeness (QED) is 0.793. The molecule has 4 nitrogen and oxygen atoms in total. The maximum Gasteiger partial charge on any atom is 0.266 e. The van der Waals surface area contributed by atoms with Gasteiger partial charge in [0.15, 0.2) is 0 Å². The third-order valence-electron chi connectivity index (χ3n) is 2.45. The smallest absolute Gasteiger partial charge is 0.266 e. The highest BCUT2D eigenvalue weighted by Crippen LogP contribution is 1.99. The van der Waals surface area contributed by atoms with E-state index in [0.717, 1.165) is 25.1 Å². The highest BCUT2D eigenvalue weighted by atomic mass is 16.1. The number of rotatable bonds is 5. The highest BCUT2D eigenvalue weighted by molar-refractivity contribution is 4.96. The molecule has 0 radical (unpaired) electrons. The fraction of sp³-hybridized carbons (Fsp3) is 0.692. The number of unbranched alkanes of at least 4 members (excludes halogenated alkanes) is 1. The number of aryl methyl sites for hydroxylation is 2. The van der Waals surface area contributed by atoms with Crippen molar-refractivity contribution < 1.29 is 0 Å². The Morgan fingerprint density at radius 3 is 2.65 bits per heavy atom. The summed E-state index contributed by atoms with van der Waals surface area (Å²) in [5.41, 5.74) is 1.04.